The number of Topliss-reactive ketones (excluding diaryl/α,β-unsaturated/α-hetero) is 1. The third-order valence-corrected chi connectivity index (χ3v) is 5.20. The Morgan fingerprint density at radius 3 is 2.65 bits per heavy atom. The molecule has 1 aromatic rings. The van der Waals surface area contributed by atoms with Gasteiger partial charge >= 0.3 is 0 Å². The van der Waals surface area contributed by atoms with Crippen LogP contribution in [0.4, 0.5) is 0 Å². The normalized spacial score (nSPS) is 29.2. The van der Waals surface area contributed by atoms with Gasteiger partial charge in [-0.2, -0.15) is 0 Å². The summed E-state index contributed by atoms with van der Waals surface area (Å²) in [6.07, 6.45) is 4.16. The Bertz CT molecular complexity index is 456. The highest BCUT2D eigenvalue weighted by Crippen LogP contribution is 2.61. The lowest BCUT2D eigenvalue weighted by Crippen LogP contribution is -2.57. The van der Waals surface area contributed by atoms with Gasteiger partial charge in [0, 0.05) is 17.3 Å². The Hall–Kier alpha value is -1.11. The van der Waals surface area contributed by atoms with Crippen LogP contribution in [0, 0.1) is 11.3 Å². The van der Waals surface area contributed by atoms with Crippen LogP contribution in [-0.4, -0.2) is 5.78 Å². The van der Waals surface area contributed by atoms with Crippen molar-refractivity contribution in [1.29, 1.82) is 0 Å². The van der Waals surface area contributed by atoms with Gasteiger partial charge in [-0.3, -0.25) is 4.79 Å². The van der Waals surface area contributed by atoms with Crippen LogP contribution < -0.4 is 0 Å². The van der Waals surface area contributed by atoms with Gasteiger partial charge in [-0.25, -0.2) is 0 Å². The molecule has 0 saturated heterocycles. The number of carbonyl (C=O) groups is 1. The number of aryl methyl sites for hydroxylation is 1. The highest BCUT2D eigenvalue weighted by atomic mass is 16.1. The maximum atomic E-state index is 12.4. The van der Waals surface area contributed by atoms with Gasteiger partial charge in [0.1, 0.15) is 5.78 Å². The molecule has 0 bridgehead atoms. The largest absolute Gasteiger partial charge is 0.299 e. The van der Waals surface area contributed by atoms with E-state index in [-0.39, 0.29) is 5.41 Å². The van der Waals surface area contributed by atoms with Crippen LogP contribution in [0.5, 0.6) is 0 Å². The molecule has 0 aliphatic heterocycles. The first-order valence-corrected chi connectivity index (χ1v) is 6.86. The zero-order valence-electron chi connectivity index (χ0n) is 10.7. The monoisotopic (exact) mass is 228 g/mol. The standard InChI is InChI=1S/C16H20O/c1-3-16(4-2)14-12-8-6-5-7-11(12)9-10-13(14)15(16)17/h5-8,13-14H,3-4,9-10H2,1-2H3. The van der Waals surface area contributed by atoms with Crippen molar-refractivity contribution < 1.29 is 4.79 Å². The summed E-state index contributed by atoms with van der Waals surface area (Å²) in [7, 11) is 0. The van der Waals surface area contributed by atoms with Gasteiger partial charge in [0.25, 0.3) is 0 Å². The van der Waals surface area contributed by atoms with E-state index >= 15 is 0 Å². The van der Waals surface area contributed by atoms with E-state index in [2.05, 4.69) is 38.1 Å². The van der Waals surface area contributed by atoms with Gasteiger partial charge < -0.3 is 0 Å². The zero-order valence-corrected chi connectivity index (χ0v) is 10.7. The first-order valence-electron chi connectivity index (χ1n) is 6.86. The van der Waals surface area contributed by atoms with E-state index in [0.29, 0.717) is 17.6 Å². The molecule has 1 nitrogen and oxygen atoms in total. The first-order chi connectivity index (χ1) is 8.24. The third-order valence-electron chi connectivity index (χ3n) is 5.20. The molecule has 90 valence electrons. The SMILES string of the molecule is CCC1(CC)C(=O)C2CCc3ccccc3C21. The summed E-state index contributed by atoms with van der Waals surface area (Å²) in [6.45, 7) is 4.35. The number of benzene rings is 1. The Morgan fingerprint density at radius 2 is 1.94 bits per heavy atom. The highest BCUT2D eigenvalue weighted by molar-refractivity contribution is 5.96. The number of hydrogen-bond donors (Lipinski definition) is 0. The summed E-state index contributed by atoms with van der Waals surface area (Å²) >= 11 is 0. The molecule has 0 amide bonds. The molecule has 0 heterocycles. The molecule has 17 heavy (non-hydrogen) atoms. The summed E-state index contributed by atoms with van der Waals surface area (Å²) in [5, 5.41) is 0. The molecule has 0 aromatic heterocycles. The molecule has 0 radical (unpaired) electrons. The predicted octanol–water partition coefficient (Wildman–Crippen LogP) is 3.72. The fourth-order valence-corrected chi connectivity index (χ4v) is 4.19. The Balaban J connectivity index is 2.08. The first kappa shape index (κ1) is 11.0. The van der Waals surface area contributed by atoms with E-state index in [0.717, 1.165) is 25.7 Å². The van der Waals surface area contributed by atoms with Crippen molar-refractivity contribution in [2.45, 2.75) is 45.4 Å². The number of carbonyl (C=O) groups excluding carboxylic acids is 1. The minimum atomic E-state index is -0.0405. The summed E-state index contributed by atoms with van der Waals surface area (Å²) in [5.74, 6) is 1.38. The molecule has 1 heteroatoms. The van der Waals surface area contributed by atoms with Crippen LogP contribution >= 0.6 is 0 Å². The Labute approximate surface area is 103 Å². The summed E-state index contributed by atoms with van der Waals surface area (Å²) < 4.78 is 0. The highest BCUT2D eigenvalue weighted by Gasteiger charge is 2.60. The maximum absolute atomic E-state index is 12.4. The van der Waals surface area contributed by atoms with Crippen LogP contribution in [0.15, 0.2) is 24.3 Å². The molecule has 1 fully saturated rings. The van der Waals surface area contributed by atoms with Crippen molar-refractivity contribution in [1.82, 2.24) is 0 Å². The Kier molecular flexibility index (Phi) is 2.39. The van der Waals surface area contributed by atoms with Crippen LogP contribution in [0.3, 0.4) is 0 Å². The van der Waals surface area contributed by atoms with Crippen LogP contribution in [0.25, 0.3) is 0 Å². The lowest BCUT2D eigenvalue weighted by molar-refractivity contribution is -0.152. The van der Waals surface area contributed by atoms with E-state index in [1.807, 2.05) is 0 Å². The number of hydrogen-bond acceptors (Lipinski definition) is 1. The lowest BCUT2D eigenvalue weighted by atomic mass is 9.45. The van der Waals surface area contributed by atoms with Gasteiger partial charge in [0.2, 0.25) is 0 Å². The van der Waals surface area contributed by atoms with Gasteiger partial charge in [-0.1, -0.05) is 38.1 Å². The van der Waals surface area contributed by atoms with Gasteiger partial charge in [-0.15, -0.1) is 0 Å². The third kappa shape index (κ3) is 1.23. The van der Waals surface area contributed by atoms with Crippen LogP contribution in [0.1, 0.15) is 50.2 Å². The van der Waals surface area contributed by atoms with E-state index < -0.39 is 0 Å². The van der Waals surface area contributed by atoms with E-state index in [9.17, 15) is 4.79 Å². The summed E-state index contributed by atoms with van der Waals surface area (Å²) in [6, 6.07) is 8.74. The van der Waals surface area contributed by atoms with Crippen molar-refractivity contribution in [2.24, 2.45) is 11.3 Å². The van der Waals surface area contributed by atoms with Gasteiger partial charge in [-0.05, 0) is 36.8 Å². The van der Waals surface area contributed by atoms with Crippen molar-refractivity contribution in [3.8, 4) is 0 Å². The molecule has 1 saturated carbocycles. The van der Waals surface area contributed by atoms with Crippen molar-refractivity contribution in [3.63, 3.8) is 0 Å². The zero-order chi connectivity index (χ0) is 12.0. The fourth-order valence-electron chi connectivity index (χ4n) is 4.19. The van der Waals surface area contributed by atoms with Gasteiger partial charge in [0.15, 0.2) is 0 Å². The molecule has 0 spiro atoms. The Morgan fingerprint density at radius 1 is 1.24 bits per heavy atom. The van der Waals surface area contributed by atoms with Crippen LogP contribution in [0.2, 0.25) is 0 Å². The molecular formula is C16H20O. The minimum absolute atomic E-state index is 0.0405. The van der Waals surface area contributed by atoms with Crippen molar-refractivity contribution in [3.05, 3.63) is 35.4 Å². The van der Waals surface area contributed by atoms with Crippen molar-refractivity contribution in [2.75, 3.05) is 0 Å². The topological polar surface area (TPSA) is 17.1 Å². The number of fused-ring (bicyclic) bond motifs is 3. The average molecular weight is 228 g/mol. The number of ketones is 1. The minimum Gasteiger partial charge on any atom is -0.299 e. The molecular weight excluding hydrogens is 208 g/mol. The van der Waals surface area contributed by atoms with E-state index in [4.69, 9.17) is 0 Å². The molecule has 0 N–H and O–H groups in total. The summed E-state index contributed by atoms with van der Waals surface area (Å²) in [4.78, 5) is 12.4. The molecule has 3 rings (SSSR count). The second-order valence-electron chi connectivity index (χ2n) is 5.55. The molecule has 2 atom stereocenters. The molecule has 2 aliphatic carbocycles. The smallest absolute Gasteiger partial charge is 0.143 e. The van der Waals surface area contributed by atoms with E-state index in [1.165, 1.54) is 11.1 Å². The van der Waals surface area contributed by atoms with Crippen LogP contribution in [-0.2, 0) is 11.2 Å². The number of rotatable bonds is 2. The van der Waals surface area contributed by atoms with Gasteiger partial charge in [0.05, 0.1) is 0 Å². The maximum Gasteiger partial charge on any atom is 0.143 e. The molecule has 2 unspecified atom stereocenters. The fraction of sp³-hybridized carbons (Fsp3) is 0.562. The van der Waals surface area contributed by atoms with E-state index in [1.54, 1.807) is 0 Å². The second kappa shape index (κ2) is 3.69. The lowest BCUT2D eigenvalue weighted by Gasteiger charge is -2.56. The average Bonchev–Trinajstić information content (AvgIpc) is 2.39. The second-order valence-corrected chi connectivity index (χ2v) is 5.55. The van der Waals surface area contributed by atoms with Crippen molar-refractivity contribution >= 4 is 5.78 Å². The molecule has 1 aromatic carbocycles. The quantitative estimate of drug-likeness (QED) is 0.754. The predicted molar refractivity (Wildman–Crippen MR) is 69.0 cm³/mol. The summed E-state index contributed by atoms with van der Waals surface area (Å²) in [5.41, 5.74) is 2.90. The molecule has 2 aliphatic rings.